The number of benzene rings is 1. The van der Waals surface area contributed by atoms with Gasteiger partial charge in [0.05, 0.1) is 17.0 Å². The van der Waals surface area contributed by atoms with E-state index in [1.807, 2.05) is 12.1 Å². The lowest BCUT2D eigenvalue weighted by Crippen LogP contribution is -2.32. The fraction of sp³-hybridized carbons (Fsp3) is 0.467. The fourth-order valence-electron chi connectivity index (χ4n) is 2.96. The van der Waals surface area contributed by atoms with Crippen molar-refractivity contribution in [2.75, 3.05) is 19.3 Å². The Bertz CT molecular complexity index is 797. The number of likely N-dealkylation sites (tertiary alicyclic amines) is 1. The Morgan fingerprint density at radius 1 is 1.32 bits per heavy atom. The van der Waals surface area contributed by atoms with Crippen LogP contribution in [0.4, 0.5) is 0 Å². The molecule has 0 bridgehead atoms. The summed E-state index contributed by atoms with van der Waals surface area (Å²) in [5.74, 6) is -0.0442. The number of sulfone groups is 1. The van der Waals surface area contributed by atoms with Gasteiger partial charge in [0, 0.05) is 30.3 Å². The van der Waals surface area contributed by atoms with Crippen molar-refractivity contribution >= 4 is 26.6 Å². The van der Waals surface area contributed by atoms with Gasteiger partial charge in [-0.1, -0.05) is 0 Å². The Balaban J connectivity index is 1.77. The summed E-state index contributed by atoms with van der Waals surface area (Å²) in [4.78, 5) is 14.4. The van der Waals surface area contributed by atoms with Gasteiger partial charge in [-0.05, 0) is 37.5 Å². The van der Waals surface area contributed by atoms with E-state index in [-0.39, 0.29) is 11.2 Å². The van der Waals surface area contributed by atoms with Crippen LogP contribution in [-0.2, 0) is 9.84 Å². The third-order valence-corrected chi connectivity index (χ3v) is 5.94. The van der Waals surface area contributed by atoms with Gasteiger partial charge >= 0.3 is 0 Å². The summed E-state index contributed by atoms with van der Waals surface area (Å²) in [5, 5.41) is 7.37. The second-order valence-corrected chi connectivity index (χ2v) is 8.17. The van der Waals surface area contributed by atoms with Gasteiger partial charge < -0.3 is 4.90 Å². The Morgan fingerprint density at radius 3 is 2.91 bits per heavy atom. The van der Waals surface area contributed by atoms with Gasteiger partial charge in [-0.2, -0.15) is 5.10 Å². The van der Waals surface area contributed by atoms with Crippen molar-refractivity contribution in [1.29, 1.82) is 0 Å². The van der Waals surface area contributed by atoms with Crippen LogP contribution in [0.5, 0.6) is 0 Å². The van der Waals surface area contributed by atoms with Crippen molar-refractivity contribution in [1.82, 2.24) is 15.1 Å². The number of rotatable bonds is 2. The van der Waals surface area contributed by atoms with Gasteiger partial charge in [-0.25, -0.2) is 8.42 Å². The number of aromatic amines is 1. The fourth-order valence-corrected chi connectivity index (χ4v) is 4.08. The third-order valence-electron chi connectivity index (χ3n) is 4.25. The topological polar surface area (TPSA) is 83.1 Å². The normalized spacial score (nSPS) is 20.0. The summed E-state index contributed by atoms with van der Waals surface area (Å²) in [6, 6.07) is 5.44. The van der Waals surface area contributed by atoms with Crippen LogP contribution in [0.2, 0.25) is 0 Å². The van der Waals surface area contributed by atoms with Crippen LogP contribution in [0.25, 0.3) is 10.9 Å². The number of nitrogens with zero attached hydrogens (tertiary/aromatic N) is 2. The molecule has 0 aliphatic carbocycles. The number of amides is 1. The maximum Gasteiger partial charge on any atom is 0.253 e. The summed E-state index contributed by atoms with van der Waals surface area (Å²) in [6.45, 7) is 1.09. The van der Waals surface area contributed by atoms with E-state index < -0.39 is 9.84 Å². The Hall–Kier alpha value is -1.89. The molecule has 118 valence electrons. The monoisotopic (exact) mass is 321 g/mol. The first-order chi connectivity index (χ1) is 10.4. The SMILES string of the molecule is CS(=O)(=O)[C@H]1CCCN(C(=O)c2ccc3[nH]ncc3c2)CC1. The average Bonchev–Trinajstić information content (AvgIpc) is 2.78. The Kier molecular flexibility index (Phi) is 3.90. The largest absolute Gasteiger partial charge is 0.339 e. The molecule has 1 atom stereocenters. The molecule has 1 aromatic heterocycles. The second kappa shape index (κ2) is 5.72. The quantitative estimate of drug-likeness (QED) is 0.911. The van der Waals surface area contributed by atoms with Crippen molar-refractivity contribution in [3.8, 4) is 0 Å². The Labute approximate surface area is 129 Å². The molecule has 1 saturated heterocycles. The minimum Gasteiger partial charge on any atom is -0.339 e. The molecule has 1 aliphatic rings. The van der Waals surface area contributed by atoms with Crippen LogP contribution in [0.15, 0.2) is 24.4 Å². The van der Waals surface area contributed by atoms with Crippen LogP contribution in [0.1, 0.15) is 29.6 Å². The maximum atomic E-state index is 12.6. The zero-order valence-electron chi connectivity index (χ0n) is 12.4. The van der Waals surface area contributed by atoms with E-state index >= 15 is 0 Å². The van der Waals surface area contributed by atoms with Crippen molar-refractivity contribution < 1.29 is 13.2 Å². The maximum absolute atomic E-state index is 12.6. The summed E-state index contributed by atoms with van der Waals surface area (Å²) < 4.78 is 23.4. The summed E-state index contributed by atoms with van der Waals surface area (Å²) in [6.07, 6.45) is 4.83. The number of carbonyl (C=O) groups is 1. The number of carbonyl (C=O) groups excluding carboxylic acids is 1. The van der Waals surface area contributed by atoms with Gasteiger partial charge in [-0.15, -0.1) is 0 Å². The predicted molar refractivity (Wildman–Crippen MR) is 84.5 cm³/mol. The second-order valence-electron chi connectivity index (χ2n) is 5.85. The van der Waals surface area contributed by atoms with Gasteiger partial charge in [0.15, 0.2) is 0 Å². The molecule has 3 rings (SSSR count). The van der Waals surface area contributed by atoms with Crippen molar-refractivity contribution in [2.24, 2.45) is 0 Å². The van der Waals surface area contributed by atoms with E-state index in [1.165, 1.54) is 6.26 Å². The molecule has 1 aliphatic heterocycles. The van der Waals surface area contributed by atoms with E-state index in [2.05, 4.69) is 10.2 Å². The Morgan fingerprint density at radius 2 is 2.14 bits per heavy atom. The molecule has 1 N–H and O–H groups in total. The lowest BCUT2D eigenvalue weighted by Gasteiger charge is -2.20. The minimum absolute atomic E-state index is 0.0442. The first-order valence-corrected chi connectivity index (χ1v) is 9.32. The minimum atomic E-state index is -3.03. The van der Waals surface area contributed by atoms with Crippen LogP contribution < -0.4 is 0 Å². The summed E-state index contributed by atoms with van der Waals surface area (Å²) in [7, 11) is -3.03. The predicted octanol–water partition coefficient (Wildman–Crippen LogP) is 1.60. The van der Waals surface area contributed by atoms with Gasteiger partial charge in [0.1, 0.15) is 9.84 Å². The van der Waals surface area contributed by atoms with Crippen molar-refractivity contribution in [2.45, 2.75) is 24.5 Å². The lowest BCUT2D eigenvalue weighted by molar-refractivity contribution is 0.0762. The highest BCUT2D eigenvalue weighted by Crippen LogP contribution is 2.20. The average molecular weight is 321 g/mol. The first kappa shape index (κ1) is 15.0. The first-order valence-electron chi connectivity index (χ1n) is 7.36. The van der Waals surface area contributed by atoms with Crippen molar-refractivity contribution in [3.05, 3.63) is 30.0 Å². The molecular formula is C15H19N3O3S. The van der Waals surface area contributed by atoms with Gasteiger partial charge in [0.25, 0.3) is 5.91 Å². The zero-order chi connectivity index (χ0) is 15.7. The molecule has 2 aromatic rings. The standard InChI is InChI=1S/C15H19N3O3S/c1-22(20,21)13-3-2-7-18(8-6-13)15(19)11-4-5-14-12(9-11)10-16-17-14/h4-5,9-10,13H,2-3,6-8H2,1H3,(H,16,17)/t13-/m0/s1. The molecule has 1 amide bonds. The molecule has 0 saturated carbocycles. The van der Waals surface area contributed by atoms with Crippen LogP contribution in [0, 0.1) is 0 Å². The molecule has 0 spiro atoms. The van der Waals surface area contributed by atoms with E-state index in [9.17, 15) is 13.2 Å². The molecule has 7 heteroatoms. The number of nitrogens with one attached hydrogen (secondary N) is 1. The van der Waals surface area contributed by atoms with E-state index in [4.69, 9.17) is 0 Å². The van der Waals surface area contributed by atoms with Crippen LogP contribution in [-0.4, -0.2) is 54.0 Å². The molecule has 0 unspecified atom stereocenters. The highest BCUT2D eigenvalue weighted by molar-refractivity contribution is 7.91. The molecule has 0 radical (unpaired) electrons. The van der Waals surface area contributed by atoms with E-state index in [0.29, 0.717) is 31.5 Å². The smallest absolute Gasteiger partial charge is 0.253 e. The van der Waals surface area contributed by atoms with E-state index in [1.54, 1.807) is 17.2 Å². The highest BCUT2D eigenvalue weighted by Gasteiger charge is 2.27. The number of hydrogen-bond acceptors (Lipinski definition) is 4. The molecule has 6 nitrogen and oxygen atoms in total. The summed E-state index contributed by atoms with van der Waals surface area (Å²) in [5.41, 5.74) is 1.51. The van der Waals surface area contributed by atoms with Crippen LogP contribution >= 0.6 is 0 Å². The van der Waals surface area contributed by atoms with Gasteiger partial charge in [0.2, 0.25) is 0 Å². The van der Waals surface area contributed by atoms with Crippen molar-refractivity contribution in [3.63, 3.8) is 0 Å². The van der Waals surface area contributed by atoms with Crippen LogP contribution in [0.3, 0.4) is 0 Å². The molecule has 22 heavy (non-hydrogen) atoms. The molecule has 2 heterocycles. The number of aromatic nitrogens is 2. The summed E-state index contributed by atoms with van der Waals surface area (Å²) >= 11 is 0. The van der Waals surface area contributed by atoms with Gasteiger partial charge in [-0.3, -0.25) is 9.89 Å². The number of fused-ring (bicyclic) bond motifs is 1. The molecule has 1 aromatic carbocycles. The molecular weight excluding hydrogens is 302 g/mol. The number of H-pyrrole nitrogens is 1. The van der Waals surface area contributed by atoms with E-state index in [0.717, 1.165) is 17.3 Å². The number of hydrogen-bond donors (Lipinski definition) is 1. The molecule has 1 fully saturated rings. The third kappa shape index (κ3) is 2.99. The lowest BCUT2D eigenvalue weighted by atomic mass is 10.1. The zero-order valence-corrected chi connectivity index (χ0v) is 13.3. The highest BCUT2D eigenvalue weighted by atomic mass is 32.2.